The molecule has 2 aliphatic rings. The average Bonchev–Trinajstić information content (AvgIpc) is 3.88. The van der Waals surface area contributed by atoms with E-state index in [-0.39, 0.29) is 30.4 Å². The number of piperidine rings is 1. The lowest BCUT2D eigenvalue weighted by Gasteiger charge is -2.33. The molecule has 3 heterocycles. The molecule has 2 N–H and O–H groups in total. The first-order valence-corrected chi connectivity index (χ1v) is 17.8. The van der Waals surface area contributed by atoms with E-state index in [1.165, 1.54) is 5.56 Å². The van der Waals surface area contributed by atoms with Crippen molar-refractivity contribution in [2.75, 3.05) is 32.9 Å². The third-order valence-electron chi connectivity index (χ3n) is 9.91. The van der Waals surface area contributed by atoms with Gasteiger partial charge < -0.3 is 24.6 Å². The first-order chi connectivity index (χ1) is 25.4. The van der Waals surface area contributed by atoms with Crippen LogP contribution < -0.4 is 5.32 Å². The highest BCUT2D eigenvalue weighted by molar-refractivity contribution is 5.93. The Balaban J connectivity index is 1.02. The number of rotatable bonds is 12. The Labute approximate surface area is 303 Å². The van der Waals surface area contributed by atoms with Crippen LogP contribution in [0.2, 0.25) is 0 Å². The second kappa shape index (κ2) is 16.0. The van der Waals surface area contributed by atoms with E-state index in [4.69, 9.17) is 14.2 Å². The number of nitrogens with one attached hydrogen (secondary N) is 1. The number of hydrogen-bond donors (Lipinski definition) is 2. The molecule has 0 spiro atoms. The number of aryl methyl sites for hydroxylation is 1. The van der Waals surface area contributed by atoms with Gasteiger partial charge in [-0.05, 0) is 60.7 Å². The summed E-state index contributed by atoms with van der Waals surface area (Å²) >= 11 is 0. The van der Waals surface area contributed by atoms with Gasteiger partial charge in [-0.1, -0.05) is 103 Å². The summed E-state index contributed by atoms with van der Waals surface area (Å²) in [5.41, 5.74) is 3.48. The van der Waals surface area contributed by atoms with Gasteiger partial charge in [-0.3, -0.25) is 14.4 Å². The average molecular weight is 701 g/mol. The van der Waals surface area contributed by atoms with Crippen LogP contribution in [-0.2, 0) is 44.7 Å². The van der Waals surface area contributed by atoms with Gasteiger partial charge in [0.15, 0.2) is 12.0 Å². The fraction of sp³-hybridized carbons (Fsp3) is 0.310. The molecule has 1 aromatic heterocycles. The van der Waals surface area contributed by atoms with Gasteiger partial charge in [0.05, 0.1) is 25.5 Å². The number of nitrogens with zero attached hydrogens (tertiary/aromatic N) is 3. The van der Waals surface area contributed by atoms with Crippen molar-refractivity contribution in [3.05, 3.63) is 149 Å². The summed E-state index contributed by atoms with van der Waals surface area (Å²) in [7, 11) is 1.76. The number of hydrogen-bond acceptors (Lipinski definition) is 8. The molecule has 5 aromatic rings. The highest BCUT2D eigenvalue weighted by Crippen LogP contribution is 2.34. The van der Waals surface area contributed by atoms with Crippen molar-refractivity contribution in [1.29, 1.82) is 0 Å². The highest BCUT2D eigenvalue weighted by atomic mass is 16.7. The van der Waals surface area contributed by atoms with Crippen molar-refractivity contribution in [2.45, 2.75) is 37.8 Å². The second-order valence-corrected chi connectivity index (χ2v) is 13.5. The zero-order valence-corrected chi connectivity index (χ0v) is 29.3. The number of likely N-dealkylation sites (tertiary alicyclic amines) is 1. The number of esters is 1. The largest absolute Gasteiger partial charge is 0.463 e. The number of aromatic nitrogens is 2. The Kier molecular flexibility index (Phi) is 10.9. The van der Waals surface area contributed by atoms with Crippen LogP contribution in [0.3, 0.4) is 0 Å². The van der Waals surface area contributed by atoms with E-state index in [1.807, 2.05) is 42.5 Å². The first-order valence-electron chi connectivity index (χ1n) is 17.8. The number of aliphatic hydroxyl groups is 1. The summed E-state index contributed by atoms with van der Waals surface area (Å²) < 4.78 is 18.6. The third kappa shape index (κ3) is 8.00. The molecule has 10 heteroatoms. The van der Waals surface area contributed by atoms with Crippen molar-refractivity contribution < 1.29 is 28.9 Å². The maximum atomic E-state index is 13.9. The molecule has 0 radical (unpaired) electrons. The second-order valence-electron chi connectivity index (χ2n) is 13.5. The minimum atomic E-state index is -2.05. The maximum Gasteiger partial charge on any atom is 0.347 e. The summed E-state index contributed by atoms with van der Waals surface area (Å²) in [5, 5.41) is 19.7. The van der Waals surface area contributed by atoms with Crippen molar-refractivity contribution >= 4 is 11.9 Å². The van der Waals surface area contributed by atoms with Crippen molar-refractivity contribution in [3.63, 3.8) is 0 Å². The zero-order valence-electron chi connectivity index (χ0n) is 29.3. The van der Waals surface area contributed by atoms with E-state index < -0.39 is 11.6 Å². The Morgan fingerprint density at radius 2 is 1.52 bits per heavy atom. The molecule has 2 aliphatic heterocycles. The van der Waals surface area contributed by atoms with E-state index in [0.717, 1.165) is 43.6 Å². The predicted molar refractivity (Wildman–Crippen MR) is 196 cm³/mol. The molecule has 0 saturated carbocycles. The molecular formula is C42H44N4O6. The third-order valence-corrected chi connectivity index (χ3v) is 9.91. The van der Waals surface area contributed by atoms with Crippen molar-refractivity contribution in [2.24, 2.45) is 13.0 Å². The van der Waals surface area contributed by atoms with E-state index in [1.54, 1.807) is 60.3 Å². The number of carbonyl (C=O) groups excluding carboxylic acids is 2. The van der Waals surface area contributed by atoms with Crippen LogP contribution in [0.1, 0.15) is 57.4 Å². The fourth-order valence-corrected chi connectivity index (χ4v) is 6.90. The lowest BCUT2D eigenvalue weighted by molar-refractivity contribution is -0.164. The van der Waals surface area contributed by atoms with E-state index in [2.05, 4.69) is 39.6 Å². The quantitative estimate of drug-likeness (QED) is 0.158. The summed E-state index contributed by atoms with van der Waals surface area (Å²) in [6.07, 6.45) is 1.48. The van der Waals surface area contributed by atoms with Crippen LogP contribution in [0.15, 0.2) is 115 Å². The van der Waals surface area contributed by atoms with Gasteiger partial charge in [0.1, 0.15) is 0 Å². The number of benzene rings is 4. The minimum Gasteiger partial charge on any atom is -0.463 e. The molecule has 10 nitrogen and oxygen atoms in total. The van der Waals surface area contributed by atoms with Crippen LogP contribution in [-0.4, -0.2) is 64.6 Å². The number of carbonyl (C=O) groups is 2. The van der Waals surface area contributed by atoms with Gasteiger partial charge in [-0.25, -0.2) is 4.79 Å². The molecule has 4 aromatic carbocycles. The fourth-order valence-electron chi connectivity index (χ4n) is 6.90. The molecule has 0 aliphatic carbocycles. The molecule has 1 amide bonds. The first kappa shape index (κ1) is 35.3. The molecule has 1 unspecified atom stereocenters. The molecular weight excluding hydrogens is 656 g/mol. The molecule has 2 saturated heterocycles. The Hall–Kier alpha value is -5.13. The normalized spacial score (nSPS) is 16.7. The SMILES string of the molecule is Cn1nc(C(=O)NCc2ccc(C3OCCO3)cc2)cc1-c1cccc(C(O)(C(=O)OCC2CCN(Cc3ccccc3)CC2)c2ccccc2)c1. The van der Waals surface area contributed by atoms with Gasteiger partial charge in [0, 0.05) is 36.8 Å². The topological polar surface area (TPSA) is 115 Å². The molecule has 52 heavy (non-hydrogen) atoms. The molecule has 0 bridgehead atoms. The monoisotopic (exact) mass is 700 g/mol. The summed E-state index contributed by atoms with van der Waals surface area (Å²) in [6.45, 7) is 4.47. The predicted octanol–water partition coefficient (Wildman–Crippen LogP) is 5.75. The van der Waals surface area contributed by atoms with E-state index in [9.17, 15) is 14.7 Å². The van der Waals surface area contributed by atoms with Gasteiger partial charge in [-0.2, -0.15) is 5.10 Å². The lowest BCUT2D eigenvalue weighted by atomic mass is 9.85. The Morgan fingerprint density at radius 1 is 0.846 bits per heavy atom. The summed E-state index contributed by atoms with van der Waals surface area (Å²) in [6, 6.07) is 35.9. The highest BCUT2D eigenvalue weighted by Gasteiger charge is 2.42. The smallest absolute Gasteiger partial charge is 0.347 e. The summed E-state index contributed by atoms with van der Waals surface area (Å²) in [4.78, 5) is 29.5. The lowest BCUT2D eigenvalue weighted by Crippen LogP contribution is -2.40. The minimum absolute atomic E-state index is 0.210. The molecule has 268 valence electrons. The van der Waals surface area contributed by atoms with Crippen molar-refractivity contribution in [1.82, 2.24) is 20.0 Å². The number of amides is 1. The van der Waals surface area contributed by atoms with Crippen LogP contribution in [0.4, 0.5) is 0 Å². The van der Waals surface area contributed by atoms with Gasteiger partial charge in [-0.15, -0.1) is 0 Å². The zero-order chi connectivity index (χ0) is 35.9. The van der Waals surface area contributed by atoms with Crippen LogP contribution in [0.5, 0.6) is 0 Å². The van der Waals surface area contributed by atoms with Crippen LogP contribution in [0, 0.1) is 5.92 Å². The van der Waals surface area contributed by atoms with E-state index >= 15 is 0 Å². The molecule has 2 fully saturated rings. The van der Waals surface area contributed by atoms with Crippen LogP contribution >= 0.6 is 0 Å². The summed E-state index contributed by atoms with van der Waals surface area (Å²) in [5.74, 6) is -0.828. The number of ether oxygens (including phenoxy) is 3. The van der Waals surface area contributed by atoms with E-state index in [0.29, 0.717) is 42.1 Å². The maximum absolute atomic E-state index is 13.9. The van der Waals surface area contributed by atoms with Gasteiger partial charge >= 0.3 is 5.97 Å². The Morgan fingerprint density at radius 3 is 2.23 bits per heavy atom. The van der Waals surface area contributed by atoms with Crippen LogP contribution in [0.25, 0.3) is 11.3 Å². The molecule has 7 rings (SSSR count). The van der Waals surface area contributed by atoms with Gasteiger partial charge in [0.2, 0.25) is 5.60 Å². The Bertz CT molecular complexity index is 1950. The van der Waals surface area contributed by atoms with Gasteiger partial charge in [0.25, 0.3) is 5.91 Å². The van der Waals surface area contributed by atoms with Crippen molar-refractivity contribution in [3.8, 4) is 11.3 Å². The molecule has 1 atom stereocenters. The standard InChI is InChI=1S/C42H44N4O6/c1-45-38(26-37(44-45)39(47)43-27-30-15-17-33(18-16-30)40-50-23-24-51-40)34-11-8-14-36(25-34)42(49,35-12-6-3-7-13-35)41(48)52-29-32-19-21-46(22-20-32)28-31-9-4-2-5-10-31/h2-18,25-26,32,40,49H,19-24,27-29H2,1H3,(H,43,47).